The molecule has 0 atom stereocenters. The van der Waals surface area contributed by atoms with Crippen LogP contribution in [0, 0.1) is 0 Å². The summed E-state index contributed by atoms with van der Waals surface area (Å²) in [6.07, 6.45) is 1.93. The quantitative estimate of drug-likeness (QED) is 0.814. The Balaban J connectivity index is 2.93. The summed E-state index contributed by atoms with van der Waals surface area (Å²) in [7, 11) is 0. The predicted molar refractivity (Wildman–Crippen MR) is 57.8 cm³/mol. The van der Waals surface area contributed by atoms with Crippen LogP contribution in [0.25, 0.3) is 5.65 Å². The summed E-state index contributed by atoms with van der Waals surface area (Å²) >= 11 is 0. The van der Waals surface area contributed by atoms with Gasteiger partial charge in [-0.25, -0.2) is 9.78 Å². The zero-order valence-corrected chi connectivity index (χ0v) is 8.67. The Labute approximate surface area is 91.0 Å². The van der Waals surface area contributed by atoms with Crippen molar-refractivity contribution in [2.24, 2.45) is 0 Å². The number of fused-ring (bicyclic) bond motifs is 1. The van der Waals surface area contributed by atoms with Crippen molar-refractivity contribution < 1.29 is 9.90 Å². The largest absolute Gasteiger partial charge is 0.476 e. The molecule has 0 aliphatic carbocycles. The molecule has 0 saturated carbocycles. The fourth-order valence-electron chi connectivity index (χ4n) is 1.62. The van der Waals surface area contributed by atoms with Crippen molar-refractivity contribution in [1.29, 1.82) is 0 Å². The molecule has 2 rings (SSSR count). The van der Waals surface area contributed by atoms with Gasteiger partial charge >= 0.3 is 5.97 Å². The Bertz CT molecular complexity index is 616. The van der Waals surface area contributed by atoms with E-state index in [1.807, 2.05) is 0 Å². The Morgan fingerprint density at radius 1 is 1.50 bits per heavy atom. The molecule has 2 aromatic rings. The molecule has 2 heterocycles. The molecule has 0 fully saturated rings. The first-order valence-corrected chi connectivity index (χ1v) is 4.88. The average Bonchev–Trinajstić information content (AvgIpc) is 2.29. The third kappa shape index (κ3) is 1.46. The van der Waals surface area contributed by atoms with Crippen molar-refractivity contribution in [3.05, 3.63) is 46.0 Å². The maximum absolute atomic E-state index is 11.9. The Kier molecular flexibility index (Phi) is 2.44. The van der Waals surface area contributed by atoms with Crippen LogP contribution in [0.4, 0.5) is 0 Å². The molecule has 16 heavy (non-hydrogen) atoms. The van der Waals surface area contributed by atoms with E-state index in [1.165, 1.54) is 4.40 Å². The van der Waals surface area contributed by atoms with Crippen LogP contribution in [-0.2, 0) is 6.42 Å². The highest BCUT2D eigenvalue weighted by Gasteiger charge is 2.16. The van der Waals surface area contributed by atoms with E-state index in [4.69, 9.17) is 5.11 Å². The molecule has 0 saturated heterocycles. The van der Waals surface area contributed by atoms with Gasteiger partial charge in [-0.15, -0.1) is 0 Å². The predicted octanol–water partition coefficient (Wildman–Crippen LogP) is 0.955. The van der Waals surface area contributed by atoms with Crippen LogP contribution in [0.15, 0.2) is 29.2 Å². The SMILES string of the molecule is CCc1c(C(=O)O)nc2ccccn2c1=O. The molecule has 1 N–H and O–H groups in total. The lowest BCUT2D eigenvalue weighted by Crippen LogP contribution is -2.24. The first-order valence-electron chi connectivity index (χ1n) is 4.88. The standard InChI is InChI=1S/C11H10N2O3/c1-2-7-9(11(15)16)12-8-5-3-4-6-13(8)10(7)14/h3-6H,2H2,1H3,(H,15,16). The average molecular weight is 218 g/mol. The summed E-state index contributed by atoms with van der Waals surface area (Å²) in [5.41, 5.74) is 0.113. The highest BCUT2D eigenvalue weighted by molar-refractivity contribution is 5.87. The molecular formula is C11H10N2O3. The van der Waals surface area contributed by atoms with E-state index < -0.39 is 5.97 Å². The van der Waals surface area contributed by atoms with Crippen molar-refractivity contribution in [1.82, 2.24) is 9.38 Å². The van der Waals surface area contributed by atoms with Gasteiger partial charge in [0, 0.05) is 6.20 Å². The highest BCUT2D eigenvalue weighted by atomic mass is 16.4. The van der Waals surface area contributed by atoms with Crippen LogP contribution in [0.1, 0.15) is 23.0 Å². The van der Waals surface area contributed by atoms with Crippen molar-refractivity contribution in [2.45, 2.75) is 13.3 Å². The summed E-state index contributed by atoms with van der Waals surface area (Å²) in [4.78, 5) is 26.9. The Morgan fingerprint density at radius 3 is 2.88 bits per heavy atom. The van der Waals surface area contributed by atoms with Crippen LogP contribution in [-0.4, -0.2) is 20.5 Å². The number of carbonyl (C=O) groups is 1. The zero-order chi connectivity index (χ0) is 11.7. The van der Waals surface area contributed by atoms with Crippen LogP contribution >= 0.6 is 0 Å². The minimum atomic E-state index is -1.17. The van der Waals surface area contributed by atoms with Gasteiger partial charge in [-0.2, -0.15) is 0 Å². The highest BCUT2D eigenvalue weighted by Crippen LogP contribution is 2.05. The Hall–Kier alpha value is -2.17. The molecule has 0 aromatic carbocycles. The maximum atomic E-state index is 11.9. The van der Waals surface area contributed by atoms with Crippen molar-refractivity contribution in [3.63, 3.8) is 0 Å². The normalized spacial score (nSPS) is 10.6. The van der Waals surface area contributed by atoms with E-state index in [-0.39, 0.29) is 16.8 Å². The van der Waals surface area contributed by atoms with E-state index >= 15 is 0 Å². The van der Waals surface area contributed by atoms with Crippen molar-refractivity contribution >= 4 is 11.6 Å². The van der Waals surface area contributed by atoms with Gasteiger partial charge in [-0.1, -0.05) is 13.0 Å². The second-order valence-electron chi connectivity index (χ2n) is 3.33. The van der Waals surface area contributed by atoms with E-state index in [0.717, 1.165) is 0 Å². The molecular weight excluding hydrogens is 208 g/mol. The molecule has 0 radical (unpaired) electrons. The number of aromatic nitrogens is 2. The molecule has 2 aromatic heterocycles. The summed E-state index contributed by atoms with van der Waals surface area (Å²) < 4.78 is 1.35. The lowest BCUT2D eigenvalue weighted by molar-refractivity contribution is 0.0689. The van der Waals surface area contributed by atoms with Crippen molar-refractivity contribution in [2.75, 3.05) is 0 Å². The van der Waals surface area contributed by atoms with Gasteiger partial charge in [-0.05, 0) is 18.6 Å². The smallest absolute Gasteiger partial charge is 0.355 e. The van der Waals surface area contributed by atoms with Gasteiger partial charge in [0.2, 0.25) is 0 Å². The van der Waals surface area contributed by atoms with Crippen molar-refractivity contribution in [3.8, 4) is 0 Å². The summed E-state index contributed by atoms with van der Waals surface area (Å²) in [5.74, 6) is -1.17. The maximum Gasteiger partial charge on any atom is 0.355 e. The van der Waals surface area contributed by atoms with E-state index in [2.05, 4.69) is 4.98 Å². The first kappa shape index (κ1) is 10.4. The van der Waals surface area contributed by atoms with E-state index in [1.54, 1.807) is 31.3 Å². The second-order valence-corrected chi connectivity index (χ2v) is 3.33. The van der Waals surface area contributed by atoms with Gasteiger partial charge in [-0.3, -0.25) is 9.20 Å². The van der Waals surface area contributed by atoms with Gasteiger partial charge < -0.3 is 5.11 Å². The Morgan fingerprint density at radius 2 is 2.25 bits per heavy atom. The molecule has 0 aliphatic rings. The lowest BCUT2D eigenvalue weighted by Gasteiger charge is -2.05. The molecule has 0 amide bonds. The number of carboxylic acids is 1. The molecule has 5 heteroatoms. The molecule has 5 nitrogen and oxygen atoms in total. The van der Waals surface area contributed by atoms with Gasteiger partial charge in [0.05, 0.1) is 5.56 Å². The van der Waals surface area contributed by atoms with Crippen LogP contribution in [0.2, 0.25) is 0 Å². The number of hydrogen-bond donors (Lipinski definition) is 1. The third-order valence-corrected chi connectivity index (χ3v) is 2.38. The minimum Gasteiger partial charge on any atom is -0.476 e. The number of rotatable bonds is 2. The second kappa shape index (κ2) is 3.77. The first-order chi connectivity index (χ1) is 7.65. The van der Waals surface area contributed by atoms with E-state index in [9.17, 15) is 9.59 Å². The lowest BCUT2D eigenvalue weighted by atomic mass is 10.1. The van der Waals surface area contributed by atoms with E-state index in [0.29, 0.717) is 12.1 Å². The fraction of sp³-hybridized carbons (Fsp3) is 0.182. The summed E-state index contributed by atoms with van der Waals surface area (Å²) in [5, 5.41) is 8.97. The number of pyridine rings is 1. The monoisotopic (exact) mass is 218 g/mol. The minimum absolute atomic E-state index is 0.154. The van der Waals surface area contributed by atoms with Gasteiger partial charge in [0.15, 0.2) is 5.69 Å². The molecule has 0 spiro atoms. The van der Waals surface area contributed by atoms with Crippen LogP contribution in [0.3, 0.4) is 0 Å². The van der Waals surface area contributed by atoms with Gasteiger partial charge in [0.25, 0.3) is 5.56 Å². The summed E-state index contributed by atoms with van der Waals surface area (Å²) in [6, 6.07) is 5.02. The number of carboxylic acid groups (broad SMARTS) is 1. The topological polar surface area (TPSA) is 71.7 Å². The molecule has 82 valence electrons. The third-order valence-electron chi connectivity index (χ3n) is 2.38. The van der Waals surface area contributed by atoms with Crippen LogP contribution < -0.4 is 5.56 Å². The number of nitrogens with zero attached hydrogens (tertiary/aromatic N) is 2. The molecule has 0 bridgehead atoms. The summed E-state index contributed by atoms with van der Waals surface area (Å²) in [6.45, 7) is 1.74. The number of hydrogen-bond acceptors (Lipinski definition) is 3. The molecule has 0 unspecified atom stereocenters. The zero-order valence-electron chi connectivity index (χ0n) is 8.67. The fourth-order valence-corrected chi connectivity index (χ4v) is 1.62. The number of aromatic carboxylic acids is 1. The van der Waals surface area contributed by atoms with Gasteiger partial charge in [0.1, 0.15) is 5.65 Å². The molecule has 0 aliphatic heterocycles. The van der Waals surface area contributed by atoms with Crippen LogP contribution in [0.5, 0.6) is 0 Å².